The second-order valence-electron chi connectivity index (χ2n) is 3.63. The molecule has 2 amide bonds. The summed E-state index contributed by atoms with van der Waals surface area (Å²) < 4.78 is 0. The molecule has 0 saturated carbocycles. The maximum Gasteiger partial charge on any atom is 0.312 e. The molecule has 1 unspecified atom stereocenters. The molecular weight excluding hydrogens is 212 g/mol. The molecule has 1 aliphatic heterocycles. The van der Waals surface area contributed by atoms with Gasteiger partial charge in [0.1, 0.15) is 0 Å². The van der Waals surface area contributed by atoms with E-state index in [1.165, 1.54) is 9.80 Å². The van der Waals surface area contributed by atoms with E-state index in [1.54, 1.807) is 25.4 Å². The van der Waals surface area contributed by atoms with Crippen molar-refractivity contribution in [1.82, 2.24) is 9.80 Å². The highest BCUT2D eigenvalue weighted by Crippen LogP contribution is 2.27. The Morgan fingerprint density at radius 2 is 2.07 bits per heavy atom. The molecule has 4 nitrogen and oxygen atoms in total. The third-order valence-corrected chi connectivity index (χ3v) is 3.61. The highest BCUT2D eigenvalue weighted by molar-refractivity contribution is 7.10. The Labute approximate surface area is 92.1 Å². The molecule has 15 heavy (non-hydrogen) atoms. The Kier molecular flexibility index (Phi) is 2.48. The van der Waals surface area contributed by atoms with Gasteiger partial charge in [0.25, 0.3) is 0 Å². The van der Waals surface area contributed by atoms with Crippen LogP contribution in [0.25, 0.3) is 0 Å². The van der Waals surface area contributed by atoms with Crippen molar-refractivity contribution in [2.24, 2.45) is 0 Å². The van der Waals surface area contributed by atoms with Gasteiger partial charge in [0.05, 0.1) is 6.04 Å². The summed E-state index contributed by atoms with van der Waals surface area (Å²) in [4.78, 5) is 27.1. The molecule has 80 valence electrons. The molecule has 1 aromatic rings. The SMILES string of the molecule is CN1CC(c2cccs2)N(C)C(=O)C1=O. The summed E-state index contributed by atoms with van der Waals surface area (Å²) >= 11 is 1.61. The molecule has 1 atom stereocenters. The monoisotopic (exact) mass is 224 g/mol. The standard InChI is InChI=1S/C10H12N2O2S/c1-11-6-7(8-4-3-5-15-8)12(2)10(14)9(11)13/h3-5,7H,6H2,1-2H3. The van der Waals surface area contributed by atoms with Crippen LogP contribution in [-0.4, -0.2) is 42.3 Å². The Balaban J connectivity index is 2.28. The van der Waals surface area contributed by atoms with Crippen molar-refractivity contribution < 1.29 is 9.59 Å². The number of carbonyl (C=O) groups excluding carboxylic acids is 2. The van der Waals surface area contributed by atoms with Crippen molar-refractivity contribution in [2.75, 3.05) is 20.6 Å². The first kappa shape index (κ1) is 10.2. The predicted molar refractivity (Wildman–Crippen MR) is 57.5 cm³/mol. The average molecular weight is 224 g/mol. The summed E-state index contributed by atoms with van der Waals surface area (Å²) in [6.45, 7) is 0.571. The van der Waals surface area contributed by atoms with Crippen LogP contribution in [0.3, 0.4) is 0 Å². The van der Waals surface area contributed by atoms with Gasteiger partial charge in [-0.1, -0.05) is 6.07 Å². The lowest BCUT2D eigenvalue weighted by molar-refractivity contribution is -0.156. The number of piperazine rings is 1. The zero-order valence-electron chi connectivity index (χ0n) is 8.64. The van der Waals surface area contributed by atoms with Gasteiger partial charge in [-0.25, -0.2) is 0 Å². The molecule has 1 aliphatic rings. The van der Waals surface area contributed by atoms with Crippen LogP contribution in [0.2, 0.25) is 0 Å². The normalized spacial score (nSPS) is 22.4. The number of rotatable bonds is 1. The molecular formula is C10H12N2O2S. The van der Waals surface area contributed by atoms with Gasteiger partial charge < -0.3 is 9.80 Å². The largest absolute Gasteiger partial charge is 0.335 e. The molecule has 2 heterocycles. The third kappa shape index (κ3) is 1.63. The molecule has 0 bridgehead atoms. The van der Waals surface area contributed by atoms with Gasteiger partial charge in [0.15, 0.2) is 0 Å². The van der Waals surface area contributed by atoms with Crippen molar-refractivity contribution in [1.29, 1.82) is 0 Å². The maximum atomic E-state index is 11.6. The summed E-state index contributed by atoms with van der Waals surface area (Å²) in [5, 5.41) is 1.98. The minimum atomic E-state index is -0.429. The fraction of sp³-hybridized carbons (Fsp3) is 0.400. The van der Waals surface area contributed by atoms with Crippen molar-refractivity contribution in [3.63, 3.8) is 0 Å². The number of carbonyl (C=O) groups is 2. The lowest BCUT2D eigenvalue weighted by atomic mass is 10.1. The Hall–Kier alpha value is -1.36. The zero-order valence-corrected chi connectivity index (χ0v) is 9.45. The van der Waals surface area contributed by atoms with Crippen molar-refractivity contribution >= 4 is 23.2 Å². The van der Waals surface area contributed by atoms with Crippen molar-refractivity contribution in [2.45, 2.75) is 6.04 Å². The number of hydrogen-bond donors (Lipinski definition) is 0. The molecule has 0 aromatic carbocycles. The summed E-state index contributed by atoms with van der Waals surface area (Å²) in [6.07, 6.45) is 0. The van der Waals surface area contributed by atoms with Crippen LogP contribution < -0.4 is 0 Å². The van der Waals surface area contributed by atoms with E-state index in [0.717, 1.165) is 4.88 Å². The fourth-order valence-corrected chi connectivity index (χ4v) is 2.54. The number of nitrogens with zero attached hydrogens (tertiary/aromatic N) is 2. The van der Waals surface area contributed by atoms with Gasteiger partial charge in [-0.15, -0.1) is 11.3 Å². The average Bonchev–Trinajstić information content (AvgIpc) is 2.73. The van der Waals surface area contributed by atoms with E-state index in [0.29, 0.717) is 6.54 Å². The minimum Gasteiger partial charge on any atom is -0.335 e. The van der Waals surface area contributed by atoms with Crippen LogP contribution in [0.5, 0.6) is 0 Å². The van der Waals surface area contributed by atoms with Crippen molar-refractivity contribution in [3.05, 3.63) is 22.4 Å². The highest BCUT2D eigenvalue weighted by Gasteiger charge is 2.35. The van der Waals surface area contributed by atoms with E-state index in [9.17, 15) is 9.59 Å². The quantitative estimate of drug-likeness (QED) is 0.659. The Bertz CT molecular complexity index is 388. The van der Waals surface area contributed by atoms with E-state index < -0.39 is 11.8 Å². The smallest absolute Gasteiger partial charge is 0.312 e. The van der Waals surface area contributed by atoms with Crippen LogP contribution in [-0.2, 0) is 9.59 Å². The van der Waals surface area contributed by atoms with E-state index in [1.807, 2.05) is 17.5 Å². The Morgan fingerprint density at radius 1 is 1.33 bits per heavy atom. The molecule has 2 rings (SSSR count). The van der Waals surface area contributed by atoms with E-state index in [-0.39, 0.29) is 6.04 Å². The molecule has 0 N–H and O–H groups in total. The Morgan fingerprint density at radius 3 is 2.67 bits per heavy atom. The number of thiophene rings is 1. The van der Waals surface area contributed by atoms with Crippen LogP contribution in [0, 0.1) is 0 Å². The molecule has 0 radical (unpaired) electrons. The van der Waals surface area contributed by atoms with E-state index in [4.69, 9.17) is 0 Å². The molecule has 1 aromatic heterocycles. The number of hydrogen-bond acceptors (Lipinski definition) is 3. The summed E-state index contributed by atoms with van der Waals surface area (Å²) in [5.41, 5.74) is 0. The van der Waals surface area contributed by atoms with Gasteiger partial charge in [0, 0.05) is 25.5 Å². The molecule has 0 aliphatic carbocycles. The predicted octanol–water partition coefficient (Wildman–Crippen LogP) is 0.720. The molecule has 1 saturated heterocycles. The maximum absolute atomic E-state index is 11.6. The first-order chi connectivity index (χ1) is 7.11. The first-order valence-corrected chi connectivity index (χ1v) is 5.55. The molecule has 1 fully saturated rings. The van der Waals surface area contributed by atoms with Gasteiger partial charge in [-0.3, -0.25) is 9.59 Å². The number of likely N-dealkylation sites (N-methyl/N-ethyl adjacent to an activating group) is 2. The lowest BCUT2D eigenvalue weighted by Gasteiger charge is -2.36. The van der Waals surface area contributed by atoms with Gasteiger partial charge in [-0.05, 0) is 11.4 Å². The topological polar surface area (TPSA) is 40.6 Å². The van der Waals surface area contributed by atoms with Crippen LogP contribution in [0.15, 0.2) is 17.5 Å². The fourth-order valence-electron chi connectivity index (χ4n) is 1.68. The van der Waals surface area contributed by atoms with Crippen LogP contribution >= 0.6 is 11.3 Å². The third-order valence-electron chi connectivity index (χ3n) is 2.64. The van der Waals surface area contributed by atoms with Crippen molar-refractivity contribution in [3.8, 4) is 0 Å². The minimum absolute atomic E-state index is 0.000185. The summed E-state index contributed by atoms with van der Waals surface area (Å²) in [6, 6.07) is 3.94. The molecule has 5 heteroatoms. The lowest BCUT2D eigenvalue weighted by Crippen LogP contribution is -2.52. The van der Waals surface area contributed by atoms with E-state index in [2.05, 4.69) is 0 Å². The van der Waals surface area contributed by atoms with E-state index >= 15 is 0 Å². The van der Waals surface area contributed by atoms with Gasteiger partial charge in [-0.2, -0.15) is 0 Å². The van der Waals surface area contributed by atoms with Gasteiger partial charge in [0.2, 0.25) is 0 Å². The molecule has 0 spiro atoms. The second kappa shape index (κ2) is 3.66. The zero-order chi connectivity index (χ0) is 11.0. The van der Waals surface area contributed by atoms with Crippen LogP contribution in [0.1, 0.15) is 10.9 Å². The van der Waals surface area contributed by atoms with Crippen LogP contribution in [0.4, 0.5) is 0 Å². The van der Waals surface area contributed by atoms with Gasteiger partial charge >= 0.3 is 11.8 Å². The number of amides is 2. The summed E-state index contributed by atoms with van der Waals surface area (Å²) in [7, 11) is 3.34. The second-order valence-corrected chi connectivity index (χ2v) is 4.61. The summed E-state index contributed by atoms with van der Waals surface area (Å²) in [5.74, 6) is -0.854. The first-order valence-electron chi connectivity index (χ1n) is 4.67. The highest BCUT2D eigenvalue weighted by atomic mass is 32.1.